The second-order valence-corrected chi connectivity index (χ2v) is 5.98. The maximum Gasteiger partial charge on any atom is 0.252 e. The zero-order chi connectivity index (χ0) is 18.0. The van der Waals surface area contributed by atoms with Crippen molar-refractivity contribution in [1.29, 1.82) is 0 Å². The van der Waals surface area contributed by atoms with Gasteiger partial charge < -0.3 is 10.1 Å². The molecule has 1 amide bonds. The molecule has 0 saturated carbocycles. The summed E-state index contributed by atoms with van der Waals surface area (Å²) in [5.41, 5.74) is 3.85. The highest BCUT2D eigenvalue weighted by atomic mass is 19.1. The van der Waals surface area contributed by atoms with E-state index in [2.05, 4.69) is 10.3 Å². The summed E-state index contributed by atoms with van der Waals surface area (Å²) in [5.74, 6) is -0.478. The van der Waals surface area contributed by atoms with Crippen molar-refractivity contribution in [3.05, 3.63) is 70.7 Å². The number of hydrogen-bond donors (Lipinski definition) is 1. The van der Waals surface area contributed by atoms with Crippen LogP contribution >= 0.6 is 0 Å². The van der Waals surface area contributed by atoms with E-state index in [0.29, 0.717) is 11.1 Å². The summed E-state index contributed by atoms with van der Waals surface area (Å²) >= 11 is 0. The van der Waals surface area contributed by atoms with Crippen LogP contribution in [0.5, 0.6) is 5.75 Å². The number of amides is 1. The van der Waals surface area contributed by atoms with Crippen LogP contribution in [0.2, 0.25) is 0 Å². The van der Waals surface area contributed by atoms with Crippen molar-refractivity contribution in [3.63, 3.8) is 0 Å². The molecule has 0 bridgehead atoms. The molecular formula is C20H19FN2O2. The number of carbonyl (C=O) groups excluding carboxylic acids is 1. The third-order valence-corrected chi connectivity index (χ3v) is 4.01. The van der Waals surface area contributed by atoms with Crippen LogP contribution in [0.3, 0.4) is 0 Å². The van der Waals surface area contributed by atoms with Gasteiger partial charge >= 0.3 is 0 Å². The fourth-order valence-electron chi connectivity index (χ4n) is 2.76. The van der Waals surface area contributed by atoms with Crippen LogP contribution in [0, 0.1) is 19.7 Å². The van der Waals surface area contributed by atoms with E-state index in [-0.39, 0.29) is 18.2 Å². The van der Waals surface area contributed by atoms with Gasteiger partial charge in [0.05, 0.1) is 18.2 Å². The van der Waals surface area contributed by atoms with Crippen molar-refractivity contribution >= 4 is 16.8 Å². The van der Waals surface area contributed by atoms with Crippen LogP contribution in [0.1, 0.15) is 27.2 Å². The first-order valence-corrected chi connectivity index (χ1v) is 7.96. The highest BCUT2D eigenvalue weighted by molar-refractivity contribution is 6.06. The zero-order valence-corrected chi connectivity index (χ0v) is 14.4. The molecule has 0 fully saturated rings. The topological polar surface area (TPSA) is 51.2 Å². The van der Waals surface area contributed by atoms with Crippen molar-refractivity contribution in [1.82, 2.24) is 10.3 Å². The molecule has 0 aliphatic heterocycles. The second kappa shape index (κ2) is 6.89. The summed E-state index contributed by atoms with van der Waals surface area (Å²) in [7, 11) is 1.42. The number of ether oxygens (including phenoxy) is 1. The average molecular weight is 338 g/mol. The number of aryl methyl sites for hydroxylation is 2. The van der Waals surface area contributed by atoms with Gasteiger partial charge in [-0.25, -0.2) is 4.39 Å². The summed E-state index contributed by atoms with van der Waals surface area (Å²) in [5, 5.41) is 3.65. The third kappa shape index (κ3) is 3.60. The van der Waals surface area contributed by atoms with Gasteiger partial charge in [-0.15, -0.1) is 0 Å². The van der Waals surface area contributed by atoms with Gasteiger partial charge in [-0.2, -0.15) is 0 Å². The fourth-order valence-corrected chi connectivity index (χ4v) is 2.76. The Morgan fingerprint density at radius 2 is 1.96 bits per heavy atom. The molecular weight excluding hydrogens is 319 g/mol. The van der Waals surface area contributed by atoms with E-state index in [1.165, 1.54) is 13.2 Å². The number of nitrogens with one attached hydrogen (secondary N) is 1. The number of pyridine rings is 1. The molecule has 0 unspecified atom stereocenters. The summed E-state index contributed by atoms with van der Waals surface area (Å²) in [6.45, 7) is 4.06. The number of benzene rings is 2. The zero-order valence-electron chi connectivity index (χ0n) is 14.4. The molecule has 3 aromatic rings. The lowest BCUT2D eigenvalue weighted by atomic mass is 10.0. The van der Waals surface area contributed by atoms with E-state index in [0.717, 1.165) is 22.2 Å². The number of hydrogen-bond acceptors (Lipinski definition) is 3. The molecule has 0 atom stereocenters. The number of nitrogens with zero attached hydrogens (tertiary/aromatic N) is 1. The van der Waals surface area contributed by atoms with E-state index in [1.807, 2.05) is 32.0 Å². The lowest BCUT2D eigenvalue weighted by molar-refractivity contribution is 0.0952. The van der Waals surface area contributed by atoms with Crippen LogP contribution in [-0.4, -0.2) is 18.0 Å². The number of methoxy groups -OCH3 is 1. The molecule has 1 aromatic heterocycles. The lowest BCUT2D eigenvalue weighted by Crippen LogP contribution is -2.23. The van der Waals surface area contributed by atoms with E-state index in [4.69, 9.17) is 4.74 Å². The molecule has 2 aromatic carbocycles. The van der Waals surface area contributed by atoms with E-state index < -0.39 is 5.82 Å². The molecule has 25 heavy (non-hydrogen) atoms. The number of fused-ring (bicyclic) bond motifs is 1. The highest BCUT2D eigenvalue weighted by Gasteiger charge is 2.13. The van der Waals surface area contributed by atoms with Crippen LogP contribution in [-0.2, 0) is 6.54 Å². The first-order chi connectivity index (χ1) is 12.0. The Bertz CT molecular complexity index is 954. The van der Waals surface area contributed by atoms with Gasteiger partial charge in [0.2, 0.25) is 0 Å². The Balaban J connectivity index is 1.85. The minimum absolute atomic E-state index is 0.182. The number of aromatic nitrogens is 1. The molecule has 0 spiro atoms. The number of carbonyl (C=O) groups is 1. The van der Waals surface area contributed by atoms with Crippen molar-refractivity contribution in [3.8, 4) is 5.75 Å². The number of rotatable bonds is 4. The number of halogens is 1. The lowest BCUT2D eigenvalue weighted by Gasteiger charge is -2.10. The molecule has 128 valence electrons. The molecule has 3 rings (SSSR count). The maximum atomic E-state index is 13.8. The molecule has 0 aliphatic rings. The van der Waals surface area contributed by atoms with Gasteiger partial charge in [0.15, 0.2) is 11.6 Å². The first-order valence-electron chi connectivity index (χ1n) is 7.96. The monoisotopic (exact) mass is 338 g/mol. The molecule has 5 heteroatoms. The molecule has 0 radical (unpaired) electrons. The van der Waals surface area contributed by atoms with Crippen molar-refractivity contribution in [2.24, 2.45) is 0 Å². The second-order valence-electron chi connectivity index (χ2n) is 5.98. The maximum absolute atomic E-state index is 13.8. The predicted octanol–water partition coefficient (Wildman–Crippen LogP) is 3.93. The summed E-state index contributed by atoms with van der Waals surface area (Å²) < 4.78 is 18.7. The molecule has 1 N–H and O–H groups in total. The largest absolute Gasteiger partial charge is 0.494 e. The normalized spacial score (nSPS) is 10.7. The Kier molecular flexibility index (Phi) is 4.65. The Morgan fingerprint density at radius 3 is 2.68 bits per heavy atom. The minimum atomic E-state index is -0.449. The predicted molar refractivity (Wildman–Crippen MR) is 95.3 cm³/mol. The van der Waals surface area contributed by atoms with Crippen molar-refractivity contribution in [2.75, 3.05) is 7.11 Å². The standard InChI is InChI=1S/C20H19FN2O2/c1-12-4-6-18-15(8-12)16(9-13(2)23-18)20(24)22-11-14-5-7-19(25-3)17(21)10-14/h4-10H,11H2,1-3H3,(H,22,24). The minimum Gasteiger partial charge on any atom is -0.494 e. The van der Waals surface area contributed by atoms with Gasteiger partial charge in [0, 0.05) is 17.6 Å². The Hall–Kier alpha value is -2.95. The van der Waals surface area contributed by atoms with Crippen molar-refractivity contribution in [2.45, 2.75) is 20.4 Å². The van der Waals surface area contributed by atoms with Gasteiger partial charge in [-0.1, -0.05) is 17.7 Å². The average Bonchev–Trinajstić information content (AvgIpc) is 2.59. The molecule has 0 saturated heterocycles. The quantitative estimate of drug-likeness (QED) is 0.784. The van der Waals surface area contributed by atoms with Crippen molar-refractivity contribution < 1.29 is 13.9 Å². The molecule has 0 aliphatic carbocycles. The summed E-state index contributed by atoms with van der Waals surface area (Å²) in [6, 6.07) is 12.2. The summed E-state index contributed by atoms with van der Waals surface area (Å²) in [6.07, 6.45) is 0. The third-order valence-electron chi connectivity index (χ3n) is 4.01. The van der Waals surface area contributed by atoms with E-state index in [9.17, 15) is 9.18 Å². The highest BCUT2D eigenvalue weighted by Crippen LogP contribution is 2.21. The van der Waals surface area contributed by atoms with Gasteiger partial charge in [0.1, 0.15) is 0 Å². The smallest absolute Gasteiger partial charge is 0.252 e. The Labute approximate surface area is 145 Å². The van der Waals surface area contributed by atoms with Crippen LogP contribution in [0.15, 0.2) is 42.5 Å². The van der Waals surface area contributed by atoms with Crippen LogP contribution in [0.4, 0.5) is 4.39 Å². The van der Waals surface area contributed by atoms with Gasteiger partial charge in [-0.05, 0) is 49.7 Å². The molecule has 1 heterocycles. The van der Waals surface area contributed by atoms with Crippen LogP contribution < -0.4 is 10.1 Å². The van der Waals surface area contributed by atoms with E-state index in [1.54, 1.807) is 18.2 Å². The molecule has 4 nitrogen and oxygen atoms in total. The SMILES string of the molecule is COc1ccc(CNC(=O)c2cc(C)nc3ccc(C)cc23)cc1F. The first kappa shape index (κ1) is 16.9. The summed E-state index contributed by atoms with van der Waals surface area (Å²) in [4.78, 5) is 17.1. The van der Waals surface area contributed by atoms with Crippen LogP contribution in [0.25, 0.3) is 10.9 Å². The fraction of sp³-hybridized carbons (Fsp3) is 0.200. The van der Waals surface area contributed by atoms with Gasteiger partial charge in [0.25, 0.3) is 5.91 Å². The Morgan fingerprint density at radius 1 is 1.16 bits per heavy atom. The van der Waals surface area contributed by atoms with Gasteiger partial charge in [-0.3, -0.25) is 9.78 Å². The van der Waals surface area contributed by atoms with E-state index >= 15 is 0 Å².